The van der Waals surface area contributed by atoms with Crippen molar-refractivity contribution in [3.05, 3.63) is 0 Å². The third kappa shape index (κ3) is 2.70. The van der Waals surface area contributed by atoms with Crippen LogP contribution in [0.1, 0.15) is 84.5 Å². The van der Waals surface area contributed by atoms with Gasteiger partial charge in [-0.2, -0.15) is 0 Å². The first-order valence-electron chi connectivity index (χ1n) is 10.2. The SMILES string of the molecule is CC1CC2CCCC(CC3CC(C)C4CCCCC34)C2C1. The first kappa shape index (κ1) is 14.6. The molecule has 0 heteroatoms. The molecule has 21 heavy (non-hydrogen) atoms. The van der Waals surface area contributed by atoms with Crippen molar-refractivity contribution in [3.8, 4) is 0 Å². The van der Waals surface area contributed by atoms with Gasteiger partial charge in [0.1, 0.15) is 0 Å². The zero-order chi connectivity index (χ0) is 14.4. The van der Waals surface area contributed by atoms with Crippen molar-refractivity contribution in [2.45, 2.75) is 84.5 Å². The van der Waals surface area contributed by atoms with Crippen molar-refractivity contribution in [2.24, 2.45) is 47.3 Å². The Morgan fingerprint density at radius 3 is 2.33 bits per heavy atom. The van der Waals surface area contributed by atoms with Gasteiger partial charge in [0.25, 0.3) is 0 Å². The second-order valence-corrected chi connectivity index (χ2v) is 9.51. The van der Waals surface area contributed by atoms with Gasteiger partial charge < -0.3 is 0 Å². The van der Waals surface area contributed by atoms with E-state index in [1.54, 1.807) is 57.8 Å². The first-order valence-corrected chi connectivity index (χ1v) is 10.2. The van der Waals surface area contributed by atoms with Crippen LogP contribution in [-0.2, 0) is 0 Å². The molecule has 4 rings (SSSR count). The van der Waals surface area contributed by atoms with Crippen LogP contribution < -0.4 is 0 Å². The van der Waals surface area contributed by atoms with Gasteiger partial charge >= 0.3 is 0 Å². The maximum absolute atomic E-state index is 2.57. The van der Waals surface area contributed by atoms with E-state index in [9.17, 15) is 0 Å². The van der Waals surface area contributed by atoms with Crippen LogP contribution in [0, 0.1) is 47.3 Å². The highest BCUT2D eigenvalue weighted by atomic mass is 14.5. The highest BCUT2D eigenvalue weighted by molar-refractivity contribution is 4.95. The first-order chi connectivity index (χ1) is 10.2. The van der Waals surface area contributed by atoms with Crippen molar-refractivity contribution < 1.29 is 0 Å². The fourth-order valence-corrected chi connectivity index (χ4v) is 7.47. The van der Waals surface area contributed by atoms with Gasteiger partial charge in [-0.3, -0.25) is 0 Å². The standard InChI is InChI=1S/C21H36/c1-14-10-16-6-5-7-17(21(16)11-14)13-18-12-15(2)19-8-3-4-9-20(18)19/h14-21H,3-13H2,1-2H3. The summed E-state index contributed by atoms with van der Waals surface area (Å²) in [4.78, 5) is 0. The summed E-state index contributed by atoms with van der Waals surface area (Å²) in [5.74, 6) is 8.81. The molecule has 8 unspecified atom stereocenters. The summed E-state index contributed by atoms with van der Waals surface area (Å²) in [7, 11) is 0. The molecule has 0 amide bonds. The molecule has 4 aliphatic rings. The average molecular weight is 289 g/mol. The van der Waals surface area contributed by atoms with E-state index in [-0.39, 0.29) is 0 Å². The summed E-state index contributed by atoms with van der Waals surface area (Å²) in [6.07, 6.45) is 17.3. The predicted octanol–water partition coefficient (Wildman–Crippen LogP) is 6.30. The van der Waals surface area contributed by atoms with Gasteiger partial charge in [0.05, 0.1) is 0 Å². The predicted molar refractivity (Wildman–Crippen MR) is 90.1 cm³/mol. The molecule has 4 saturated carbocycles. The highest BCUT2D eigenvalue weighted by Gasteiger charge is 2.45. The Hall–Kier alpha value is 0. The van der Waals surface area contributed by atoms with E-state index in [0.29, 0.717) is 0 Å². The summed E-state index contributed by atoms with van der Waals surface area (Å²) >= 11 is 0. The lowest BCUT2D eigenvalue weighted by molar-refractivity contribution is 0.125. The molecule has 8 atom stereocenters. The Bertz CT molecular complexity index is 357. The Morgan fingerprint density at radius 1 is 0.667 bits per heavy atom. The minimum atomic E-state index is 1.03. The van der Waals surface area contributed by atoms with Crippen molar-refractivity contribution in [1.82, 2.24) is 0 Å². The van der Waals surface area contributed by atoms with Crippen LogP contribution in [0.2, 0.25) is 0 Å². The Kier molecular flexibility index (Phi) is 4.09. The molecule has 4 fully saturated rings. The molecule has 0 aromatic heterocycles. The Labute approximate surface area is 132 Å². The van der Waals surface area contributed by atoms with Gasteiger partial charge in [-0.1, -0.05) is 46.0 Å². The lowest BCUT2D eigenvalue weighted by Crippen LogP contribution is -2.28. The molecular weight excluding hydrogens is 252 g/mol. The summed E-state index contributed by atoms with van der Waals surface area (Å²) in [5.41, 5.74) is 0. The van der Waals surface area contributed by atoms with Crippen LogP contribution in [0.15, 0.2) is 0 Å². The monoisotopic (exact) mass is 288 g/mol. The van der Waals surface area contributed by atoms with Crippen LogP contribution in [0.5, 0.6) is 0 Å². The van der Waals surface area contributed by atoms with Crippen molar-refractivity contribution >= 4 is 0 Å². The molecule has 0 saturated heterocycles. The molecule has 0 radical (unpaired) electrons. The van der Waals surface area contributed by atoms with Gasteiger partial charge in [-0.15, -0.1) is 0 Å². The molecule has 4 aliphatic carbocycles. The minimum Gasteiger partial charge on any atom is -0.0625 e. The van der Waals surface area contributed by atoms with Crippen LogP contribution in [-0.4, -0.2) is 0 Å². The maximum Gasteiger partial charge on any atom is -0.0355 e. The lowest BCUT2D eigenvalue weighted by atomic mass is 9.68. The Balaban J connectivity index is 1.43. The van der Waals surface area contributed by atoms with Gasteiger partial charge in [0.15, 0.2) is 0 Å². The second-order valence-electron chi connectivity index (χ2n) is 9.51. The topological polar surface area (TPSA) is 0 Å². The van der Waals surface area contributed by atoms with E-state index < -0.39 is 0 Å². The fraction of sp³-hybridized carbons (Fsp3) is 1.00. The zero-order valence-corrected chi connectivity index (χ0v) is 14.4. The van der Waals surface area contributed by atoms with Crippen LogP contribution in [0.25, 0.3) is 0 Å². The molecule has 0 aliphatic heterocycles. The lowest BCUT2D eigenvalue weighted by Gasteiger charge is -2.38. The average Bonchev–Trinajstić information content (AvgIpc) is 3.01. The van der Waals surface area contributed by atoms with E-state index >= 15 is 0 Å². The summed E-state index contributed by atoms with van der Waals surface area (Å²) in [6.45, 7) is 5.09. The molecule has 0 spiro atoms. The van der Waals surface area contributed by atoms with Crippen molar-refractivity contribution in [3.63, 3.8) is 0 Å². The smallest absolute Gasteiger partial charge is 0.0355 e. The largest absolute Gasteiger partial charge is 0.0625 e. The van der Waals surface area contributed by atoms with Gasteiger partial charge in [-0.25, -0.2) is 0 Å². The third-order valence-corrected chi connectivity index (χ3v) is 8.23. The molecule has 0 N–H and O–H groups in total. The fourth-order valence-electron chi connectivity index (χ4n) is 7.47. The summed E-state index contributed by atoms with van der Waals surface area (Å²) < 4.78 is 0. The number of fused-ring (bicyclic) bond motifs is 2. The normalized spacial score (nSPS) is 53.4. The third-order valence-electron chi connectivity index (χ3n) is 8.23. The van der Waals surface area contributed by atoms with Crippen molar-refractivity contribution in [1.29, 1.82) is 0 Å². The molecule has 0 aromatic rings. The number of rotatable bonds is 2. The molecule has 120 valence electrons. The second kappa shape index (κ2) is 5.89. The summed E-state index contributed by atoms with van der Waals surface area (Å²) in [6, 6.07) is 0. The van der Waals surface area contributed by atoms with E-state index in [1.807, 2.05) is 0 Å². The molecule has 0 aromatic carbocycles. The number of hydrogen-bond acceptors (Lipinski definition) is 0. The highest BCUT2D eigenvalue weighted by Crippen LogP contribution is 2.55. The Morgan fingerprint density at radius 2 is 1.48 bits per heavy atom. The zero-order valence-electron chi connectivity index (χ0n) is 14.4. The van der Waals surface area contributed by atoms with Crippen LogP contribution in [0.4, 0.5) is 0 Å². The van der Waals surface area contributed by atoms with E-state index in [2.05, 4.69) is 13.8 Å². The molecular formula is C21H36. The van der Waals surface area contributed by atoms with Crippen LogP contribution in [0.3, 0.4) is 0 Å². The van der Waals surface area contributed by atoms with E-state index in [1.165, 1.54) is 12.8 Å². The van der Waals surface area contributed by atoms with Crippen molar-refractivity contribution in [2.75, 3.05) is 0 Å². The molecule has 0 bridgehead atoms. The molecule has 0 heterocycles. The van der Waals surface area contributed by atoms with E-state index in [4.69, 9.17) is 0 Å². The quantitative estimate of drug-likeness (QED) is 0.559. The maximum atomic E-state index is 2.57. The van der Waals surface area contributed by atoms with Gasteiger partial charge in [0.2, 0.25) is 0 Å². The van der Waals surface area contributed by atoms with E-state index in [0.717, 1.165) is 47.3 Å². The minimum absolute atomic E-state index is 1.03. The molecule has 0 nitrogen and oxygen atoms in total. The summed E-state index contributed by atoms with van der Waals surface area (Å²) in [5, 5.41) is 0. The van der Waals surface area contributed by atoms with Crippen LogP contribution >= 0.6 is 0 Å². The van der Waals surface area contributed by atoms with Gasteiger partial charge in [-0.05, 0) is 85.9 Å². The van der Waals surface area contributed by atoms with Gasteiger partial charge in [0, 0.05) is 0 Å². The number of hydrogen-bond donors (Lipinski definition) is 0.